The van der Waals surface area contributed by atoms with E-state index in [1.165, 1.54) is 19.2 Å². The van der Waals surface area contributed by atoms with Gasteiger partial charge in [0.25, 0.3) is 0 Å². The number of rotatable bonds is 6. The quantitative estimate of drug-likeness (QED) is 0.807. The van der Waals surface area contributed by atoms with Crippen molar-refractivity contribution in [3.63, 3.8) is 0 Å². The van der Waals surface area contributed by atoms with Gasteiger partial charge in [0.15, 0.2) is 17.3 Å². The molecule has 0 bridgehead atoms. The summed E-state index contributed by atoms with van der Waals surface area (Å²) in [5, 5.41) is 9.23. The van der Waals surface area contributed by atoms with Gasteiger partial charge in [-0.1, -0.05) is 0 Å². The van der Waals surface area contributed by atoms with Crippen LogP contribution in [0.3, 0.4) is 0 Å². The van der Waals surface area contributed by atoms with Crippen LogP contribution in [0.1, 0.15) is 23.2 Å². The molecular formula is C15H20FNO3. The molecule has 0 unspecified atom stereocenters. The van der Waals surface area contributed by atoms with Gasteiger partial charge in [-0.15, -0.1) is 0 Å². The highest BCUT2D eigenvalue weighted by Gasteiger charge is 2.28. The fourth-order valence-corrected chi connectivity index (χ4v) is 2.53. The number of likely N-dealkylation sites (N-methyl/N-ethyl adjacent to an activating group) is 1. The summed E-state index contributed by atoms with van der Waals surface area (Å²) in [7, 11) is 3.25. The number of aliphatic hydroxyl groups is 1. The summed E-state index contributed by atoms with van der Waals surface area (Å²) < 4.78 is 18.4. The molecule has 20 heavy (non-hydrogen) atoms. The third-order valence-corrected chi connectivity index (χ3v) is 3.67. The Kier molecular flexibility index (Phi) is 4.73. The fraction of sp³-hybridized carbons (Fsp3) is 0.533. The van der Waals surface area contributed by atoms with Crippen LogP contribution in [-0.2, 0) is 0 Å². The lowest BCUT2D eigenvalue weighted by atomic mass is 9.82. The maximum Gasteiger partial charge on any atom is 0.176 e. The van der Waals surface area contributed by atoms with Gasteiger partial charge in [0.1, 0.15) is 0 Å². The summed E-state index contributed by atoms with van der Waals surface area (Å²) in [5.41, 5.74) is 0.351. The first-order valence-electron chi connectivity index (χ1n) is 6.73. The molecular weight excluding hydrogens is 261 g/mol. The number of carbonyl (C=O) groups is 1. The van der Waals surface area contributed by atoms with E-state index >= 15 is 0 Å². The van der Waals surface area contributed by atoms with E-state index in [9.17, 15) is 14.3 Å². The van der Waals surface area contributed by atoms with E-state index in [1.54, 1.807) is 6.07 Å². The molecule has 0 aliphatic heterocycles. The predicted molar refractivity (Wildman–Crippen MR) is 73.5 cm³/mol. The average molecular weight is 281 g/mol. The van der Waals surface area contributed by atoms with Crippen molar-refractivity contribution in [1.29, 1.82) is 0 Å². The lowest BCUT2D eigenvalue weighted by Gasteiger charge is -2.34. The smallest absolute Gasteiger partial charge is 0.176 e. The number of carbonyl (C=O) groups excluding carboxylic acids is 1. The molecule has 0 radical (unpaired) electrons. The Hall–Kier alpha value is -1.46. The van der Waals surface area contributed by atoms with E-state index in [4.69, 9.17) is 4.74 Å². The second-order valence-corrected chi connectivity index (χ2v) is 5.46. The first-order chi connectivity index (χ1) is 9.49. The molecule has 0 aromatic heterocycles. The van der Waals surface area contributed by atoms with Gasteiger partial charge in [0, 0.05) is 12.1 Å². The van der Waals surface area contributed by atoms with Crippen LogP contribution in [-0.4, -0.2) is 49.1 Å². The summed E-state index contributed by atoms with van der Waals surface area (Å²) in [4.78, 5) is 14.0. The molecule has 0 heterocycles. The van der Waals surface area contributed by atoms with Crippen LogP contribution in [0.5, 0.6) is 5.75 Å². The van der Waals surface area contributed by atoms with Crippen molar-refractivity contribution in [1.82, 2.24) is 4.90 Å². The molecule has 0 atom stereocenters. The second-order valence-electron chi connectivity index (χ2n) is 5.46. The van der Waals surface area contributed by atoms with Crippen LogP contribution in [0.15, 0.2) is 18.2 Å². The standard InChI is InChI=1S/C15H20FNO3/c1-17(8-10-5-12(18)6-10)9-14(19)11-3-4-15(20-2)13(16)7-11/h3-4,7,10,12,18H,5-6,8-9H2,1-2H3. The first-order valence-corrected chi connectivity index (χ1v) is 6.73. The number of methoxy groups -OCH3 is 1. The van der Waals surface area contributed by atoms with Gasteiger partial charge in [-0.25, -0.2) is 4.39 Å². The third-order valence-electron chi connectivity index (χ3n) is 3.67. The van der Waals surface area contributed by atoms with Crippen molar-refractivity contribution in [2.75, 3.05) is 27.2 Å². The highest BCUT2D eigenvalue weighted by atomic mass is 19.1. The zero-order valence-corrected chi connectivity index (χ0v) is 11.8. The molecule has 1 fully saturated rings. The molecule has 2 rings (SSSR count). The minimum atomic E-state index is -0.525. The normalized spacial score (nSPS) is 21.6. The molecule has 1 aromatic carbocycles. The number of hydrogen-bond acceptors (Lipinski definition) is 4. The third kappa shape index (κ3) is 3.55. The number of nitrogens with zero attached hydrogens (tertiary/aromatic N) is 1. The molecule has 1 aliphatic carbocycles. The van der Waals surface area contributed by atoms with Crippen LogP contribution in [0.25, 0.3) is 0 Å². The highest BCUT2D eigenvalue weighted by Crippen LogP contribution is 2.27. The van der Waals surface area contributed by atoms with Gasteiger partial charge >= 0.3 is 0 Å². The largest absolute Gasteiger partial charge is 0.494 e. The molecule has 4 nitrogen and oxygen atoms in total. The number of aliphatic hydroxyl groups excluding tert-OH is 1. The Balaban J connectivity index is 1.89. The number of ether oxygens (including phenoxy) is 1. The molecule has 1 aromatic rings. The van der Waals surface area contributed by atoms with E-state index in [1.807, 2.05) is 11.9 Å². The molecule has 5 heteroatoms. The Labute approximate surface area is 118 Å². The summed E-state index contributed by atoms with van der Waals surface area (Å²) in [5.74, 6) is -0.0502. The molecule has 1 aliphatic rings. The van der Waals surface area contributed by atoms with Crippen LogP contribution >= 0.6 is 0 Å². The second kappa shape index (κ2) is 6.33. The van der Waals surface area contributed by atoms with E-state index in [2.05, 4.69) is 0 Å². The minimum Gasteiger partial charge on any atom is -0.494 e. The minimum absolute atomic E-state index is 0.117. The van der Waals surface area contributed by atoms with Crippen LogP contribution < -0.4 is 4.74 Å². The van der Waals surface area contributed by atoms with Crippen LogP contribution in [0.4, 0.5) is 4.39 Å². The van der Waals surface area contributed by atoms with E-state index in [-0.39, 0.29) is 24.2 Å². The number of ketones is 1. The van der Waals surface area contributed by atoms with Gasteiger partial charge < -0.3 is 9.84 Å². The topological polar surface area (TPSA) is 49.8 Å². The summed E-state index contributed by atoms with van der Waals surface area (Å²) >= 11 is 0. The van der Waals surface area contributed by atoms with Crippen LogP contribution in [0.2, 0.25) is 0 Å². The highest BCUT2D eigenvalue weighted by molar-refractivity contribution is 5.97. The maximum absolute atomic E-state index is 13.5. The van der Waals surface area contributed by atoms with Crippen molar-refractivity contribution in [2.45, 2.75) is 18.9 Å². The summed E-state index contributed by atoms with van der Waals surface area (Å²) in [6, 6.07) is 4.25. The molecule has 0 amide bonds. The van der Waals surface area contributed by atoms with Gasteiger partial charge in [0.05, 0.1) is 19.8 Å². The number of Topliss-reactive ketones (excluding diaryl/α,β-unsaturated/α-hetero) is 1. The molecule has 1 N–H and O–H groups in total. The van der Waals surface area contributed by atoms with Gasteiger partial charge in [0.2, 0.25) is 0 Å². The monoisotopic (exact) mass is 281 g/mol. The Morgan fingerprint density at radius 3 is 2.75 bits per heavy atom. The van der Waals surface area contributed by atoms with E-state index in [0.29, 0.717) is 11.5 Å². The van der Waals surface area contributed by atoms with Crippen LogP contribution in [0, 0.1) is 11.7 Å². The Morgan fingerprint density at radius 1 is 1.50 bits per heavy atom. The van der Waals surface area contributed by atoms with Crippen molar-refractivity contribution >= 4 is 5.78 Å². The Morgan fingerprint density at radius 2 is 2.20 bits per heavy atom. The van der Waals surface area contributed by atoms with Crippen molar-refractivity contribution in [3.8, 4) is 5.75 Å². The lowest BCUT2D eigenvalue weighted by Crippen LogP contribution is -2.38. The number of hydrogen-bond donors (Lipinski definition) is 1. The number of benzene rings is 1. The molecule has 0 spiro atoms. The number of halogens is 1. The molecule has 1 saturated carbocycles. The zero-order valence-electron chi connectivity index (χ0n) is 11.8. The predicted octanol–water partition coefficient (Wildman–Crippen LogP) is 1.72. The van der Waals surface area contributed by atoms with Crippen molar-refractivity contribution < 1.29 is 19.0 Å². The fourth-order valence-electron chi connectivity index (χ4n) is 2.53. The van der Waals surface area contributed by atoms with E-state index < -0.39 is 5.82 Å². The van der Waals surface area contributed by atoms with E-state index in [0.717, 1.165) is 19.4 Å². The molecule has 110 valence electrons. The zero-order chi connectivity index (χ0) is 14.7. The lowest BCUT2D eigenvalue weighted by molar-refractivity contribution is 0.0286. The average Bonchev–Trinajstić information content (AvgIpc) is 2.36. The molecule has 0 saturated heterocycles. The van der Waals surface area contributed by atoms with Crippen molar-refractivity contribution in [2.24, 2.45) is 5.92 Å². The maximum atomic E-state index is 13.5. The summed E-state index contributed by atoms with van der Waals surface area (Å²) in [6.45, 7) is 1.03. The SMILES string of the molecule is COc1ccc(C(=O)CN(C)CC2CC(O)C2)cc1F. The van der Waals surface area contributed by atoms with Gasteiger partial charge in [-0.05, 0) is 44.0 Å². The summed E-state index contributed by atoms with van der Waals surface area (Å²) in [6.07, 6.45) is 1.42. The van der Waals surface area contributed by atoms with Gasteiger partial charge in [-0.2, -0.15) is 0 Å². The first kappa shape index (κ1) is 14.9. The Bertz CT molecular complexity index is 486. The van der Waals surface area contributed by atoms with Gasteiger partial charge in [-0.3, -0.25) is 9.69 Å². The van der Waals surface area contributed by atoms with Crippen molar-refractivity contribution in [3.05, 3.63) is 29.6 Å².